The Morgan fingerprint density at radius 3 is 2.62 bits per heavy atom. The van der Waals surface area contributed by atoms with E-state index in [0.717, 1.165) is 18.6 Å². The van der Waals surface area contributed by atoms with E-state index in [2.05, 4.69) is 17.6 Å². The Kier molecular flexibility index (Phi) is 4.61. The summed E-state index contributed by atoms with van der Waals surface area (Å²) in [6.45, 7) is 6.46. The Labute approximate surface area is 126 Å². The van der Waals surface area contributed by atoms with Crippen molar-refractivity contribution in [3.8, 4) is 0 Å². The lowest BCUT2D eigenvalue weighted by atomic mass is 9.89. The Bertz CT molecular complexity index is 487. The van der Waals surface area contributed by atoms with Gasteiger partial charge in [-0.1, -0.05) is 19.8 Å². The average molecular weight is 294 g/mol. The molecule has 1 atom stereocenters. The quantitative estimate of drug-likeness (QED) is 0.781. The van der Waals surface area contributed by atoms with Gasteiger partial charge in [-0.2, -0.15) is 0 Å². The molecule has 1 fully saturated rings. The topological polar surface area (TPSA) is 74.5 Å². The van der Waals surface area contributed by atoms with Crippen LogP contribution in [-0.2, 0) is 5.60 Å². The third-order valence-corrected chi connectivity index (χ3v) is 4.35. The van der Waals surface area contributed by atoms with Gasteiger partial charge in [-0.3, -0.25) is 0 Å². The number of hydrogen-bond acceptors (Lipinski definition) is 3. The van der Waals surface area contributed by atoms with Gasteiger partial charge in [0.25, 0.3) is 0 Å². The van der Waals surface area contributed by atoms with E-state index in [9.17, 15) is 9.90 Å². The Hall–Kier alpha value is -1.49. The maximum Gasteiger partial charge on any atom is 0.314 e. The van der Waals surface area contributed by atoms with Gasteiger partial charge in [0.05, 0.1) is 6.54 Å². The van der Waals surface area contributed by atoms with Crippen LogP contribution < -0.4 is 10.6 Å². The van der Waals surface area contributed by atoms with Gasteiger partial charge < -0.3 is 20.2 Å². The summed E-state index contributed by atoms with van der Waals surface area (Å²) >= 11 is 0. The fourth-order valence-corrected chi connectivity index (χ4v) is 2.82. The van der Waals surface area contributed by atoms with E-state index in [-0.39, 0.29) is 18.0 Å². The minimum absolute atomic E-state index is 0.114. The first-order valence-corrected chi connectivity index (χ1v) is 7.62. The van der Waals surface area contributed by atoms with Crippen LogP contribution in [0.5, 0.6) is 0 Å². The van der Waals surface area contributed by atoms with E-state index in [1.165, 1.54) is 12.8 Å². The zero-order valence-corrected chi connectivity index (χ0v) is 13.2. The number of furan rings is 1. The predicted molar refractivity (Wildman–Crippen MR) is 81.0 cm³/mol. The molecule has 118 valence electrons. The molecule has 1 aromatic rings. The third kappa shape index (κ3) is 4.24. The van der Waals surface area contributed by atoms with Crippen molar-refractivity contribution in [2.45, 2.75) is 52.1 Å². The van der Waals surface area contributed by atoms with E-state index in [1.54, 1.807) is 19.1 Å². The Balaban J connectivity index is 1.78. The molecule has 3 N–H and O–H groups in total. The van der Waals surface area contributed by atoms with Crippen LogP contribution in [0.15, 0.2) is 16.5 Å². The van der Waals surface area contributed by atoms with E-state index in [0.29, 0.717) is 12.3 Å². The maximum atomic E-state index is 11.9. The third-order valence-electron chi connectivity index (χ3n) is 4.35. The summed E-state index contributed by atoms with van der Waals surface area (Å²) in [5.74, 6) is 1.20. The molecule has 1 aromatic heterocycles. The summed E-state index contributed by atoms with van der Waals surface area (Å²) in [5.41, 5.74) is -0.985. The Morgan fingerprint density at radius 2 is 2.05 bits per heavy atom. The normalized spacial score (nSPS) is 20.0. The van der Waals surface area contributed by atoms with E-state index in [1.807, 2.05) is 6.92 Å². The first-order chi connectivity index (χ1) is 9.81. The van der Waals surface area contributed by atoms with Crippen molar-refractivity contribution in [1.82, 2.24) is 10.6 Å². The SMILES string of the molecule is Cc1ccc(C(C)(O)CNC(=O)NCC2(C)CCCC2)o1. The van der Waals surface area contributed by atoms with Crippen LogP contribution >= 0.6 is 0 Å². The lowest BCUT2D eigenvalue weighted by Crippen LogP contribution is -2.45. The van der Waals surface area contributed by atoms with Crippen molar-refractivity contribution in [3.63, 3.8) is 0 Å². The molecule has 0 radical (unpaired) electrons. The van der Waals surface area contributed by atoms with Crippen LogP contribution in [0.3, 0.4) is 0 Å². The number of aryl methyl sites for hydroxylation is 1. The molecule has 1 saturated carbocycles. The summed E-state index contributed by atoms with van der Waals surface area (Å²) in [4.78, 5) is 11.9. The second kappa shape index (κ2) is 6.10. The Morgan fingerprint density at radius 1 is 1.38 bits per heavy atom. The first-order valence-electron chi connectivity index (χ1n) is 7.62. The van der Waals surface area contributed by atoms with Crippen LogP contribution in [0.25, 0.3) is 0 Å². The van der Waals surface area contributed by atoms with Crippen molar-refractivity contribution in [2.75, 3.05) is 13.1 Å². The van der Waals surface area contributed by atoms with Crippen molar-refractivity contribution >= 4 is 6.03 Å². The van der Waals surface area contributed by atoms with Crippen molar-refractivity contribution in [3.05, 3.63) is 23.7 Å². The highest BCUT2D eigenvalue weighted by Crippen LogP contribution is 2.36. The molecule has 1 aliphatic carbocycles. The molecule has 5 nitrogen and oxygen atoms in total. The minimum Gasteiger partial charge on any atom is -0.463 e. The monoisotopic (exact) mass is 294 g/mol. The molecule has 0 aromatic carbocycles. The molecule has 1 heterocycles. The number of urea groups is 1. The molecule has 5 heteroatoms. The van der Waals surface area contributed by atoms with Crippen molar-refractivity contribution < 1.29 is 14.3 Å². The zero-order valence-electron chi connectivity index (χ0n) is 13.2. The smallest absolute Gasteiger partial charge is 0.314 e. The number of amides is 2. The standard InChI is InChI=1S/C16H26N2O3/c1-12-6-7-13(21-12)16(3,20)11-18-14(19)17-10-15(2)8-4-5-9-15/h6-7,20H,4-5,8-11H2,1-3H3,(H2,17,18,19). The molecule has 1 aliphatic rings. The molecule has 2 rings (SSSR count). The highest BCUT2D eigenvalue weighted by molar-refractivity contribution is 5.73. The summed E-state index contributed by atoms with van der Waals surface area (Å²) in [6, 6.07) is 3.28. The van der Waals surface area contributed by atoms with Crippen LogP contribution in [0.4, 0.5) is 4.79 Å². The predicted octanol–water partition coefficient (Wildman–Crippen LogP) is 2.68. The highest BCUT2D eigenvalue weighted by Gasteiger charge is 2.30. The largest absolute Gasteiger partial charge is 0.463 e. The molecule has 0 saturated heterocycles. The van der Waals surface area contributed by atoms with Crippen molar-refractivity contribution in [2.24, 2.45) is 5.41 Å². The molecule has 0 spiro atoms. The van der Waals surface area contributed by atoms with Gasteiger partial charge in [-0.25, -0.2) is 4.79 Å². The number of carbonyl (C=O) groups is 1. The maximum absolute atomic E-state index is 11.9. The number of rotatable bonds is 5. The second-order valence-electron chi connectivity index (χ2n) is 6.74. The minimum atomic E-state index is -1.21. The van der Waals surface area contributed by atoms with Crippen LogP contribution in [-0.4, -0.2) is 24.2 Å². The van der Waals surface area contributed by atoms with Gasteiger partial charge in [-0.15, -0.1) is 0 Å². The molecule has 2 amide bonds. The van der Waals surface area contributed by atoms with Gasteiger partial charge in [0.15, 0.2) is 0 Å². The van der Waals surface area contributed by atoms with Gasteiger partial charge in [0, 0.05) is 6.54 Å². The number of aliphatic hydroxyl groups is 1. The summed E-state index contributed by atoms with van der Waals surface area (Å²) in [5, 5.41) is 16.0. The summed E-state index contributed by atoms with van der Waals surface area (Å²) < 4.78 is 5.42. The fraction of sp³-hybridized carbons (Fsp3) is 0.688. The van der Waals surface area contributed by atoms with E-state index in [4.69, 9.17) is 4.42 Å². The summed E-state index contributed by atoms with van der Waals surface area (Å²) in [6.07, 6.45) is 4.81. The van der Waals surface area contributed by atoms with Gasteiger partial charge in [0.2, 0.25) is 0 Å². The van der Waals surface area contributed by atoms with Crippen LogP contribution in [0.1, 0.15) is 51.1 Å². The molecular formula is C16H26N2O3. The van der Waals surface area contributed by atoms with Crippen LogP contribution in [0.2, 0.25) is 0 Å². The number of nitrogens with one attached hydrogen (secondary N) is 2. The first kappa shape index (κ1) is 15.9. The van der Waals surface area contributed by atoms with E-state index < -0.39 is 5.60 Å². The van der Waals surface area contributed by atoms with Crippen molar-refractivity contribution in [1.29, 1.82) is 0 Å². The molecule has 1 unspecified atom stereocenters. The second-order valence-corrected chi connectivity index (χ2v) is 6.74. The number of hydrogen-bond donors (Lipinski definition) is 3. The van der Waals surface area contributed by atoms with E-state index >= 15 is 0 Å². The zero-order chi connectivity index (χ0) is 15.5. The van der Waals surface area contributed by atoms with Crippen LogP contribution in [0, 0.1) is 12.3 Å². The molecule has 0 aliphatic heterocycles. The van der Waals surface area contributed by atoms with Gasteiger partial charge in [-0.05, 0) is 44.2 Å². The molecule has 0 bridgehead atoms. The van der Waals surface area contributed by atoms with Gasteiger partial charge in [0.1, 0.15) is 17.1 Å². The fourth-order valence-electron chi connectivity index (χ4n) is 2.82. The number of carbonyl (C=O) groups excluding carboxylic acids is 1. The highest BCUT2D eigenvalue weighted by atomic mass is 16.4. The van der Waals surface area contributed by atoms with Gasteiger partial charge >= 0.3 is 6.03 Å². The summed E-state index contributed by atoms with van der Waals surface area (Å²) in [7, 11) is 0. The lowest BCUT2D eigenvalue weighted by molar-refractivity contribution is 0.0359. The molecular weight excluding hydrogens is 268 g/mol. The molecule has 21 heavy (non-hydrogen) atoms. The average Bonchev–Trinajstić information content (AvgIpc) is 3.04. The lowest BCUT2D eigenvalue weighted by Gasteiger charge is -2.25.